The third kappa shape index (κ3) is 5.38. The van der Waals surface area contributed by atoms with Crippen LogP contribution in [0.3, 0.4) is 0 Å². The predicted octanol–water partition coefficient (Wildman–Crippen LogP) is 6.41. The van der Waals surface area contributed by atoms with Gasteiger partial charge in [-0.25, -0.2) is 0 Å². The molecule has 1 unspecified atom stereocenters. The van der Waals surface area contributed by atoms with Crippen LogP contribution in [0.25, 0.3) is 0 Å². The van der Waals surface area contributed by atoms with Crippen LogP contribution in [0.1, 0.15) is 88.3 Å². The van der Waals surface area contributed by atoms with Gasteiger partial charge < -0.3 is 0 Å². The van der Waals surface area contributed by atoms with Crippen molar-refractivity contribution >= 4 is 0 Å². The topological polar surface area (TPSA) is 0 Å². The molecule has 0 saturated carbocycles. The molecule has 1 aromatic carbocycles. The normalized spacial score (nSPS) is 12.6. The summed E-state index contributed by atoms with van der Waals surface area (Å²) in [5.74, 6) is 0.721. The van der Waals surface area contributed by atoms with Gasteiger partial charge in [-0.05, 0) is 42.4 Å². The fourth-order valence-corrected chi connectivity index (χ4v) is 2.99. The minimum atomic E-state index is 0.721. The van der Waals surface area contributed by atoms with Crippen molar-refractivity contribution in [1.29, 1.82) is 0 Å². The molecule has 0 radical (unpaired) electrons. The number of hydrogen-bond donors (Lipinski definition) is 0. The molecule has 0 aromatic heterocycles. The molecule has 0 aliphatic rings. The highest BCUT2D eigenvalue weighted by Gasteiger charge is 2.10. The van der Waals surface area contributed by atoms with E-state index < -0.39 is 0 Å². The lowest BCUT2D eigenvalue weighted by atomic mass is 9.88. The second-order valence-electron chi connectivity index (χ2n) is 5.99. The smallest absolute Gasteiger partial charge is 0.0188 e. The van der Waals surface area contributed by atoms with Gasteiger partial charge in [-0.3, -0.25) is 0 Å². The van der Waals surface area contributed by atoms with Gasteiger partial charge in [0, 0.05) is 0 Å². The molecule has 0 bridgehead atoms. The lowest BCUT2D eigenvalue weighted by Gasteiger charge is -2.17. The summed E-state index contributed by atoms with van der Waals surface area (Å²) in [4.78, 5) is 0. The van der Waals surface area contributed by atoms with E-state index in [4.69, 9.17) is 0 Å². The Labute approximate surface area is 120 Å². The van der Waals surface area contributed by atoms with E-state index in [1.165, 1.54) is 51.4 Å². The first-order chi connectivity index (χ1) is 9.20. The largest absolute Gasteiger partial charge is 0.0654 e. The van der Waals surface area contributed by atoms with Crippen molar-refractivity contribution in [2.45, 2.75) is 85.0 Å². The van der Waals surface area contributed by atoms with Crippen LogP contribution in [-0.4, -0.2) is 0 Å². The van der Waals surface area contributed by atoms with E-state index in [1.54, 1.807) is 16.7 Å². The molecule has 0 spiro atoms. The zero-order chi connectivity index (χ0) is 14.1. The summed E-state index contributed by atoms with van der Waals surface area (Å²) < 4.78 is 0. The third-order valence-corrected chi connectivity index (χ3v) is 4.28. The Balaban J connectivity index is 2.51. The SMILES string of the molecule is CCCCCCCC(C)c1cccc(CCC)c1C. The molecule has 0 N–H and O–H groups in total. The Hall–Kier alpha value is -0.780. The minimum Gasteiger partial charge on any atom is -0.0654 e. The van der Waals surface area contributed by atoms with Gasteiger partial charge in [-0.15, -0.1) is 0 Å². The molecule has 1 atom stereocenters. The second kappa shape index (κ2) is 9.18. The molecular weight excluding hydrogens is 228 g/mol. The van der Waals surface area contributed by atoms with Crippen LogP contribution in [0.2, 0.25) is 0 Å². The Morgan fingerprint density at radius 2 is 1.68 bits per heavy atom. The summed E-state index contributed by atoms with van der Waals surface area (Å²) in [7, 11) is 0. The summed E-state index contributed by atoms with van der Waals surface area (Å²) >= 11 is 0. The molecule has 1 rings (SSSR count). The van der Waals surface area contributed by atoms with E-state index in [9.17, 15) is 0 Å². The van der Waals surface area contributed by atoms with Crippen molar-refractivity contribution in [2.24, 2.45) is 0 Å². The lowest BCUT2D eigenvalue weighted by molar-refractivity contribution is 0.565. The maximum absolute atomic E-state index is 2.40. The Kier molecular flexibility index (Phi) is 7.86. The van der Waals surface area contributed by atoms with Gasteiger partial charge in [-0.2, -0.15) is 0 Å². The molecule has 0 fully saturated rings. The molecule has 108 valence electrons. The van der Waals surface area contributed by atoms with Crippen molar-refractivity contribution in [3.05, 3.63) is 34.9 Å². The van der Waals surface area contributed by atoms with Gasteiger partial charge in [0.1, 0.15) is 0 Å². The Morgan fingerprint density at radius 3 is 2.37 bits per heavy atom. The molecule has 0 aliphatic carbocycles. The van der Waals surface area contributed by atoms with Crippen LogP contribution in [0.15, 0.2) is 18.2 Å². The average Bonchev–Trinajstić information content (AvgIpc) is 2.41. The van der Waals surface area contributed by atoms with Gasteiger partial charge in [0.05, 0.1) is 0 Å². The molecule has 19 heavy (non-hydrogen) atoms. The van der Waals surface area contributed by atoms with Crippen LogP contribution in [0.5, 0.6) is 0 Å². The van der Waals surface area contributed by atoms with Gasteiger partial charge >= 0.3 is 0 Å². The molecule has 0 heterocycles. The van der Waals surface area contributed by atoms with Crippen molar-refractivity contribution in [3.8, 4) is 0 Å². The predicted molar refractivity (Wildman–Crippen MR) is 87.0 cm³/mol. The third-order valence-electron chi connectivity index (χ3n) is 4.28. The summed E-state index contributed by atoms with van der Waals surface area (Å²) in [5, 5.41) is 0. The first-order valence-electron chi connectivity index (χ1n) is 8.29. The highest BCUT2D eigenvalue weighted by molar-refractivity contribution is 5.36. The molecule has 0 nitrogen and oxygen atoms in total. The minimum absolute atomic E-state index is 0.721. The Morgan fingerprint density at radius 1 is 0.947 bits per heavy atom. The van der Waals surface area contributed by atoms with E-state index >= 15 is 0 Å². The second-order valence-corrected chi connectivity index (χ2v) is 5.99. The highest BCUT2D eigenvalue weighted by Crippen LogP contribution is 2.27. The van der Waals surface area contributed by atoms with E-state index in [-0.39, 0.29) is 0 Å². The standard InChI is InChI=1S/C19H32/c1-5-7-8-9-10-13-16(3)19-15-11-14-18(12-6-2)17(19)4/h11,14-16H,5-10,12-13H2,1-4H3. The van der Waals surface area contributed by atoms with Gasteiger partial charge in [-0.1, -0.05) is 77.5 Å². The van der Waals surface area contributed by atoms with Gasteiger partial charge in [0.15, 0.2) is 0 Å². The number of benzene rings is 1. The molecule has 0 aliphatic heterocycles. The first kappa shape index (κ1) is 16.3. The fraction of sp³-hybridized carbons (Fsp3) is 0.684. The van der Waals surface area contributed by atoms with Crippen LogP contribution in [-0.2, 0) is 6.42 Å². The summed E-state index contributed by atoms with van der Waals surface area (Å²) in [5.41, 5.74) is 4.68. The maximum Gasteiger partial charge on any atom is -0.0188 e. The van der Waals surface area contributed by atoms with E-state index in [1.807, 2.05) is 0 Å². The number of aryl methyl sites for hydroxylation is 1. The maximum atomic E-state index is 2.40. The molecule has 1 aromatic rings. The molecule has 0 amide bonds. The first-order valence-corrected chi connectivity index (χ1v) is 8.29. The van der Waals surface area contributed by atoms with Crippen LogP contribution < -0.4 is 0 Å². The number of rotatable bonds is 9. The van der Waals surface area contributed by atoms with Crippen LogP contribution in [0, 0.1) is 6.92 Å². The van der Waals surface area contributed by atoms with Crippen molar-refractivity contribution in [3.63, 3.8) is 0 Å². The quantitative estimate of drug-likeness (QED) is 0.450. The van der Waals surface area contributed by atoms with E-state index in [0.717, 1.165) is 5.92 Å². The van der Waals surface area contributed by atoms with Gasteiger partial charge in [0.2, 0.25) is 0 Å². The van der Waals surface area contributed by atoms with Crippen molar-refractivity contribution < 1.29 is 0 Å². The van der Waals surface area contributed by atoms with E-state index in [2.05, 4.69) is 45.9 Å². The summed E-state index contributed by atoms with van der Waals surface area (Å²) in [6.07, 6.45) is 10.8. The fourth-order valence-electron chi connectivity index (χ4n) is 2.99. The van der Waals surface area contributed by atoms with E-state index in [0.29, 0.717) is 0 Å². The van der Waals surface area contributed by atoms with Crippen LogP contribution >= 0.6 is 0 Å². The van der Waals surface area contributed by atoms with Gasteiger partial charge in [0.25, 0.3) is 0 Å². The highest BCUT2D eigenvalue weighted by atomic mass is 14.2. The van der Waals surface area contributed by atoms with Crippen molar-refractivity contribution in [2.75, 3.05) is 0 Å². The monoisotopic (exact) mass is 260 g/mol. The van der Waals surface area contributed by atoms with Crippen molar-refractivity contribution in [1.82, 2.24) is 0 Å². The lowest BCUT2D eigenvalue weighted by Crippen LogP contribution is -2.00. The summed E-state index contributed by atoms with van der Waals surface area (Å²) in [6.45, 7) is 9.26. The Bertz CT molecular complexity index is 351. The molecule has 0 heteroatoms. The molecule has 0 saturated heterocycles. The number of unbranched alkanes of at least 4 members (excludes halogenated alkanes) is 4. The zero-order valence-electron chi connectivity index (χ0n) is 13.5. The summed E-state index contributed by atoms with van der Waals surface area (Å²) in [6, 6.07) is 6.89. The average molecular weight is 260 g/mol. The zero-order valence-corrected chi connectivity index (χ0v) is 13.5. The van der Waals surface area contributed by atoms with Crippen LogP contribution in [0.4, 0.5) is 0 Å². The number of hydrogen-bond acceptors (Lipinski definition) is 0. The molecular formula is C19H32.